The predicted octanol–water partition coefficient (Wildman–Crippen LogP) is 5.02. The zero-order chi connectivity index (χ0) is 20.4. The van der Waals surface area contributed by atoms with Crippen molar-refractivity contribution in [3.63, 3.8) is 0 Å². The molecule has 4 rings (SSSR count). The van der Waals surface area contributed by atoms with E-state index in [1.807, 2.05) is 36.4 Å². The van der Waals surface area contributed by atoms with Crippen LogP contribution in [0.5, 0.6) is 0 Å². The van der Waals surface area contributed by atoms with Gasteiger partial charge in [0.2, 0.25) is 0 Å². The van der Waals surface area contributed by atoms with Gasteiger partial charge in [0.1, 0.15) is 5.82 Å². The number of aromatic nitrogens is 2. The third kappa shape index (κ3) is 3.88. The zero-order valence-electron chi connectivity index (χ0n) is 15.1. The molecular weight excluding hydrogens is 432 g/mol. The minimum Gasteiger partial charge on any atom is -0.478 e. The largest absolute Gasteiger partial charge is 0.478 e. The number of nitrogens with zero attached hydrogens (tertiary/aromatic N) is 2. The fraction of sp³-hybridized carbons (Fsp3) is 0. The van der Waals surface area contributed by atoms with Crippen LogP contribution in [-0.4, -0.2) is 20.6 Å². The third-order valence-electron chi connectivity index (χ3n) is 4.47. The molecule has 0 amide bonds. The van der Waals surface area contributed by atoms with Crippen molar-refractivity contribution in [1.82, 2.24) is 9.55 Å². The van der Waals surface area contributed by atoms with Gasteiger partial charge in [0.15, 0.2) is 0 Å². The van der Waals surface area contributed by atoms with Crippen LogP contribution in [0.25, 0.3) is 28.7 Å². The normalized spacial score (nSPS) is 11.2. The molecule has 0 bridgehead atoms. The van der Waals surface area contributed by atoms with Gasteiger partial charge in [0.05, 0.1) is 22.2 Å². The van der Waals surface area contributed by atoms with Crippen LogP contribution in [0, 0.1) is 0 Å². The summed E-state index contributed by atoms with van der Waals surface area (Å²) in [6.45, 7) is 0. The summed E-state index contributed by atoms with van der Waals surface area (Å²) >= 11 is 3.41. The van der Waals surface area contributed by atoms with Crippen LogP contribution >= 0.6 is 15.9 Å². The Bertz CT molecular complexity index is 1290. The van der Waals surface area contributed by atoms with E-state index in [2.05, 4.69) is 20.9 Å². The molecule has 0 saturated carbocycles. The average molecular weight is 447 g/mol. The van der Waals surface area contributed by atoms with Gasteiger partial charge in [-0.25, -0.2) is 9.78 Å². The number of aromatic carboxylic acids is 1. The van der Waals surface area contributed by atoms with Gasteiger partial charge >= 0.3 is 5.97 Å². The number of carbonyl (C=O) groups is 1. The van der Waals surface area contributed by atoms with Crippen molar-refractivity contribution in [3.05, 3.63) is 105 Å². The number of fused-ring (bicyclic) bond motifs is 1. The van der Waals surface area contributed by atoms with Crippen molar-refractivity contribution in [2.75, 3.05) is 0 Å². The number of rotatable bonds is 4. The molecule has 3 aromatic carbocycles. The zero-order valence-corrected chi connectivity index (χ0v) is 16.7. The lowest BCUT2D eigenvalue weighted by Crippen LogP contribution is -2.22. The number of para-hydroxylation sites is 1. The first-order valence-corrected chi connectivity index (χ1v) is 9.61. The summed E-state index contributed by atoms with van der Waals surface area (Å²) in [5.41, 5.74) is 2.06. The van der Waals surface area contributed by atoms with E-state index in [1.54, 1.807) is 36.4 Å². The fourth-order valence-corrected chi connectivity index (χ4v) is 3.27. The van der Waals surface area contributed by atoms with E-state index < -0.39 is 5.97 Å². The molecule has 0 fully saturated rings. The molecule has 4 aromatic rings. The van der Waals surface area contributed by atoms with Crippen LogP contribution in [0.1, 0.15) is 21.7 Å². The molecule has 0 unspecified atom stereocenters. The smallest absolute Gasteiger partial charge is 0.335 e. The summed E-state index contributed by atoms with van der Waals surface area (Å²) in [6.07, 6.45) is 3.66. The molecule has 0 saturated heterocycles. The molecule has 1 heterocycles. The lowest BCUT2D eigenvalue weighted by Gasteiger charge is -2.11. The van der Waals surface area contributed by atoms with Gasteiger partial charge in [-0.1, -0.05) is 46.3 Å². The maximum Gasteiger partial charge on any atom is 0.335 e. The molecule has 5 nitrogen and oxygen atoms in total. The van der Waals surface area contributed by atoms with Gasteiger partial charge in [0.25, 0.3) is 5.56 Å². The Labute approximate surface area is 174 Å². The van der Waals surface area contributed by atoms with Crippen LogP contribution in [-0.2, 0) is 0 Å². The van der Waals surface area contributed by atoms with Gasteiger partial charge in [-0.2, -0.15) is 0 Å². The lowest BCUT2D eigenvalue weighted by atomic mass is 10.1. The maximum absolute atomic E-state index is 13.2. The number of hydrogen-bond donors (Lipinski definition) is 1. The number of halogens is 1. The average Bonchev–Trinajstić information content (AvgIpc) is 2.73. The third-order valence-corrected chi connectivity index (χ3v) is 5.00. The SMILES string of the molecule is O=C(O)c1ccc(-n2c(C=Cc3ccc(Br)cc3)nc3ccccc3c2=O)cc1. The highest BCUT2D eigenvalue weighted by molar-refractivity contribution is 9.10. The second-order valence-corrected chi connectivity index (χ2v) is 7.28. The Morgan fingerprint density at radius 3 is 2.31 bits per heavy atom. The highest BCUT2D eigenvalue weighted by atomic mass is 79.9. The van der Waals surface area contributed by atoms with E-state index in [4.69, 9.17) is 5.11 Å². The van der Waals surface area contributed by atoms with Crippen molar-refractivity contribution in [2.24, 2.45) is 0 Å². The first kappa shape index (κ1) is 18.8. The monoisotopic (exact) mass is 446 g/mol. The Morgan fingerprint density at radius 1 is 0.931 bits per heavy atom. The fourth-order valence-electron chi connectivity index (χ4n) is 3.01. The summed E-state index contributed by atoms with van der Waals surface area (Å²) in [6, 6.07) is 21.1. The van der Waals surface area contributed by atoms with E-state index in [9.17, 15) is 9.59 Å². The Hall–Kier alpha value is -3.51. The first-order chi connectivity index (χ1) is 14.0. The Kier molecular flexibility index (Phi) is 5.10. The summed E-state index contributed by atoms with van der Waals surface area (Å²) in [4.78, 5) is 29.0. The topological polar surface area (TPSA) is 72.2 Å². The summed E-state index contributed by atoms with van der Waals surface area (Å²) in [5, 5.41) is 9.63. The number of carboxylic acids is 1. The maximum atomic E-state index is 13.2. The van der Waals surface area contributed by atoms with Gasteiger partial charge in [0, 0.05) is 4.47 Å². The van der Waals surface area contributed by atoms with E-state index in [1.165, 1.54) is 16.7 Å². The van der Waals surface area contributed by atoms with Crippen molar-refractivity contribution in [1.29, 1.82) is 0 Å². The molecule has 0 aliphatic rings. The quantitative estimate of drug-likeness (QED) is 0.477. The van der Waals surface area contributed by atoms with E-state index in [0.29, 0.717) is 22.4 Å². The highest BCUT2D eigenvalue weighted by Crippen LogP contribution is 2.17. The summed E-state index contributed by atoms with van der Waals surface area (Å²) in [5.74, 6) is -0.560. The Morgan fingerprint density at radius 2 is 1.62 bits per heavy atom. The van der Waals surface area contributed by atoms with Crippen molar-refractivity contribution in [2.45, 2.75) is 0 Å². The lowest BCUT2D eigenvalue weighted by molar-refractivity contribution is 0.0697. The number of benzene rings is 3. The van der Waals surface area contributed by atoms with Crippen LogP contribution in [0.4, 0.5) is 0 Å². The molecular formula is C23H15BrN2O3. The van der Waals surface area contributed by atoms with E-state index >= 15 is 0 Å². The minimum atomic E-state index is -1.02. The highest BCUT2D eigenvalue weighted by Gasteiger charge is 2.12. The second kappa shape index (κ2) is 7.85. The van der Waals surface area contributed by atoms with Crippen molar-refractivity contribution in [3.8, 4) is 5.69 Å². The number of hydrogen-bond acceptors (Lipinski definition) is 3. The van der Waals surface area contributed by atoms with Gasteiger partial charge < -0.3 is 5.11 Å². The molecule has 0 atom stereocenters. The molecule has 1 N–H and O–H groups in total. The summed E-state index contributed by atoms with van der Waals surface area (Å²) in [7, 11) is 0. The van der Waals surface area contributed by atoms with Crippen LogP contribution < -0.4 is 5.56 Å². The van der Waals surface area contributed by atoms with Crippen molar-refractivity contribution < 1.29 is 9.90 Å². The molecule has 6 heteroatoms. The van der Waals surface area contributed by atoms with Crippen LogP contribution in [0.15, 0.2) is 82.1 Å². The molecule has 0 spiro atoms. The van der Waals surface area contributed by atoms with Gasteiger partial charge in [-0.3, -0.25) is 9.36 Å². The molecule has 0 aliphatic carbocycles. The molecule has 0 radical (unpaired) electrons. The standard InChI is InChI=1S/C23H15BrN2O3/c24-17-10-5-15(6-11-17)7-14-21-25-20-4-2-1-3-19(20)22(27)26(21)18-12-8-16(9-13-18)23(28)29/h1-14H,(H,28,29). The molecule has 0 aliphatic heterocycles. The van der Waals surface area contributed by atoms with Crippen molar-refractivity contribution >= 4 is 45.0 Å². The summed E-state index contributed by atoms with van der Waals surface area (Å²) < 4.78 is 2.47. The first-order valence-electron chi connectivity index (χ1n) is 8.82. The molecule has 29 heavy (non-hydrogen) atoms. The van der Waals surface area contributed by atoms with Gasteiger partial charge in [-0.05, 0) is 60.2 Å². The van der Waals surface area contributed by atoms with Crippen LogP contribution in [0.3, 0.4) is 0 Å². The molecule has 142 valence electrons. The minimum absolute atomic E-state index is 0.155. The second-order valence-electron chi connectivity index (χ2n) is 6.36. The van der Waals surface area contributed by atoms with E-state index in [0.717, 1.165) is 10.0 Å². The van der Waals surface area contributed by atoms with Crippen LogP contribution in [0.2, 0.25) is 0 Å². The Balaban J connectivity index is 1.89. The molecule has 1 aromatic heterocycles. The predicted molar refractivity (Wildman–Crippen MR) is 117 cm³/mol. The number of carboxylic acid groups (broad SMARTS) is 1. The van der Waals surface area contributed by atoms with E-state index in [-0.39, 0.29) is 11.1 Å². The van der Waals surface area contributed by atoms with Gasteiger partial charge in [-0.15, -0.1) is 0 Å².